The number of nitrogens with zero attached hydrogens (tertiary/aromatic N) is 6. The molecule has 12 heteroatoms. The summed E-state index contributed by atoms with van der Waals surface area (Å²) >= 11 is 9.50. The van der Waals surface area contributed by atoms with Gasteiger partial charge in [0.1, 0.15) is 38.7 Å². The molecule has 0 radical (unpaired) electrons. The van der Waals surface area contributed by atoms with Crippen LogP contribution in [0.15, 0.2) is 48.5 Å². The summed E-state index contributed by atoms with van der Waals surface area (Å²) in [5.41, 5.74) is 5.37. The number of aromatic nitrogens is 4. The van der Waals surface area contributed by atoms with Crippen LogP contribution in [0.4, 0.5) is 0 Å². The topological polar surface area (TPSA) is 60.6 Å². The van der Waals surface area contributed by atoms with Crippen LogP contribution in [0.2, 0.25) is 0 Å². The van der Waals surface area contributed by atoms with E-state index in [2.05, 4.69) is 179 Å². The molecule has 0 saturated carbocycles. The molecule has 49 heavy (non-hydrogen) atoms. The van der Waals surface area contributed by atoms with E-state index in [-0.39, 0.29) is 12.2 Å². The fourth-order valence-corrected chi connectivity index (χ4v) is 10.3. The van der Waals surface area contributed by atoms with E-state index in [0.29, 0.717) is 18.2 Å². The highest BCUT2D eigenvalue weighted by Crippen LogP contribution is 2.41. The van der Waals surface area contributed by atoms with Crippen molar-refractivity contribution in [3.63, 3.8) is 0 Å². The molecule has 2 fully saturated rings. The van der Waals surface area contributed by atoms with Crippen molar-refractivity contribution in [2.45, 2.75) is 88.4 Å². The minimum Gasteiger partial charge on any atom is -0.365 e. The molecule has 2 aromatic carbocycles. The molecular weight excluding hydrogens is 1070 g/mol. The number of halogens is 4. The first-order valence-electron chi connectivity index (χ1n) is 17.3. The van der Waals surface area contributed by atoms with Gasteiger partial charge in [0.2, 0.25) is 0 Å². The molecule has 8 nitrogen and oxygen atoms in total. The highest BCUT2D eigenvalue weighted by atomic mass is 127. The van der Waals surface area contributed by atoms with E-state index in [0.717, 1.165) is 77.4 Å². The number of hydrogen-bond acceptors (Lipinski definition) is 6. The lowest BCUT2D eigenvalue weighted by Crippen LogP contribution is -2.43. The molecule has 0 amide bonds. The van der Waals surface area contributed by atoms with E-state index in [1.807, 2.05) is 0 Å². The van der Waals surface area contributed by atoms with Crippen molar-refractivity contribution in [2.24, 2.45) is 0 Å². The van der Waals surface area contributed by atoms with Gasteiger partial charge in [0, 0.05) is 31.8 Å². The standard InChI is InChI=1S/C20H23I2N3O.C17H21I2N3O/c1-24-13-6-7-14(24)11-15(10-13)26-17-16-5-3-2-4-12(16)8-9-25-19(22)18(21)23-20(17)25;1-21(2)9-5-11-23-14-13-7-4-3-6-12(13)8-10-22-16(19)15(18)20-17(14)22/h2-5,13-15,17H,6-11H2,1H3;3-4,6-7,14H,5,8-11H2,1-2H3. The van der Waals surface area contributed by atoms with Gasteiger partial charge in [0.25, 0.3) is 0 Å². The summed E-state index contributed by atoms with van der Waals surface area (Å²) in [4.78, 5) is 14.5. The van der Waals surface area contributed by atoms with Gasteiger partial charge in [-0.15, -0.1) is 0 Å². The van der Waals surface area contributed by atoms with Crippen molar-refractivity contribution >= 4 is 90.4 Å². The third kappa shape index (κ3) is 7.95. The van der Waals surface area contributed by atoms with Crippen LogP contribution >= 0.6 is 90.4 Å². The second kappa shape index (κ2) is 16.3. The van der Waals surface area contributed by atoms with Gasteiger partial charge in [-0.25, -0.2) is 9.97 Å². The maximum absolute atomic E-state index is 6.85. The fourth-order valence-electron chi connectivity index (χ4n) is 7.99. The minimum atomic E-state index is -0.0621. The number of fused-ring (bicyclic) bond motifs is 6. The average molecular weight is 1110 g/mol. The Morgan fingerprint density at radius 1 is 0.755 bits per heavy atom. The van der Waals surface area contributed by atoms with Crippen molar-refractivity contribution in [1.82, 2.24) is 28.9 Å². The fraction of sp³-hybridized carbons (Fsp3) is 0.514. The second-order valence-electron chi connectivity index (χ2n) is 13.9. The Balaban J connectivity index is 0.000000156. The van der Waals surface area contributed by atoms with Crippen LogP contribution in [0.5, 0.6) is 0 Å². The number of aryl methyl sites for hydroxylation is 2. The first-order valence-corrected chi connectivity index (χ1v) is 21.6. The maximum atomic E-state index is 6.85. The number of benzene rings is 2. The first kappa shape index (κ1) is 37.0. The average Bonchev–Trinajstić information content (AvgIpc) is 3.49. The van der Waals surface area contributed by atoms with Crippen LogP contribution in [0, 0.1) is 14.8 Å². The zero-order valence-electron chi connectivity index (χ0n) is 28.3. The summed E-state index contributed by atoms with van der Waals surface area (Å²) in [7, 11) is 6.48. The summed E-state index contributed by atoms with van der Waals surface area (Å²) < 4.78 is 22.5. The third-order valence-electron chi connectivity index (χ3n) is 10.6. The van der Waals surface area contributed by atoms with Gasteiger partial charge in [-0.05, 0) is 185 Å². The van der Waals surface area contributed by atoms with E-state index in [4.69, 9.17) is 19.4 Å². The molecule has 0 spiro atoms. The summed E-state index contributed by atoms with van der Waals surface area (Å²) in [6.07, 6.45) is 8.29. The predicted octanol–water partition coefficient (Wildman–Crippen LogP) is 8.09. The second-order valence-corrected chi connectivity index (χ2v) is 18.0. The summed E-state index contributed by atoms with van der Waals surface area (Å²) in [6, 6.07) is 18.8. The molecule has 4 aliphatic heterocycles. The monoisotopic (exact) mass is 1110 g/mol. The molecule has 0 aliphatic carbocycles. The highest BCUT2D eigenvalue weighted by molar-refractivity contribution is 14.1. The molecule has 4 aromatic rings. The number of piperidine rings is 1. The van der Waals surface area contributed by atoms with Crippen LogP contribution in [-0.4, -0.2) is 81.4 Å². The molecule has 0 N–H and O–H groups in total. The number of ether oxygens (including phenoxy) is 2. The van der Waals surface area contributed by atoms with E-state index in [1.54, 1.807) is 0 Å². The molecule has 6 heterocycles. The van der Waals surface area contributed by atoms with Crippen molar-refractivity contribution < 1.29 is 9.47 Å². The Labute approximate surface area is 345 Å². The van der Waals surface area contributed by atoms with Crippen LogP contribution in [0.3, 0.4) is 0 Å². The summed E-state index contributed by atoms with van der Waals surface area (Å²) in [5.74, 6) is 2.14. The van der Waals surface area contributed by atoms with Gasteiger partial charge in [0.15, 0.2) is 0 Å². The molecule has 4 unspecified atom stereocenters. The highest BCUT2D eigenvalue weighted by Gasteiger charge is 2.41. The van der Waals surface area contributed by atoms with Crippen LogP contribution < -0.4 is 0 Å². The van der Waals surface area contributed by atoms with Crippen molar-refractivity contribution in [1.29, 1.82) is 0 Å². The largest absolute Gasteiger partial charge is 0.365 e. The van der Waals surface area contributed by atoms with Gasteiger partial charge in [-0.2, -0.15) is 0 Å². The number of hydrogen-bond donors (Lipinski definition) is 0. The third-order valence-corrected chi connectivity index (χ3v) is 16.3. The van der Waals surface area contributed by atoms with Gasteiger partial charge in [-0.3, -0.25) is 0 Å². The van der Waals surface area contributed by atoms with Crippen LogP contribution in [0.1, 0.15) is 78.2 Å². The molecule has 4 aliphatic rings. The normalized spacial score (nSPS) is 24.3. The Hall–Kier alpha value is -0.380. The van der Waals surface area contributed by atoms with Crippen molar-refractivity contribution in [2.75, 3.05) is 34.3 Å². The smallest absolute Gasteiger partial charge is 0.144 e. The predicted molar refractivity (Wildman–Crippen MR) is 227 cm³/mol. The Morgan fingerprint density at radius 2 is 1.27 bits per heavy atom. The molecule has 2 aromatic heterocycles. The Morgan fingerprint density at radius 3 is 1.82 bits per heavy atom. The molecule has 2 saturated heterocycles. The zero-order chi connectivity index (χ0) is 34.2. The maximum Gasteiger partial charge on any atom is 0.144 e. The lowest BCUT2D eigenvalue weighted by Gasteiger charge is -2.37. The van der Waals surface area contributed by atoms with Gasteiger partial charge >= 0.3 is 0 Å². The van der Waals surface area contributed by atoms with Gasteiger partial charge in [0.05, 0.1) is 6.10 Å². The SMILES string of the molecule is CN(C)CCCOC1c2ccccc2CCn2c1nc(I)c2I.CN1C2CCC1CC(OC1c3ccccc3CCn3c1nc(I)c3I)C2. The van der Waals surface area contributed by atoms with Crippen LogP contribution in [-0.2, 0) is 35.4 Å². The lowest BCUT2D eigenvalue weighted by atomic mass is 9.98. The van der Waals surface area contributed by atoms with E-state index >= 15 is 0 Å². The zero-order valence-corrected chi connectivity index (χ0v) is 36.9. The molecule has 2 bridgehead atoms. The molecule has 8 rings (SSSR count). The molecule has 4 atom stereocenters. The van der Waals surface area contributed by atoms with E-state index < -0.39 is 0 Å². The first-order chi connectivity index (χ1) is 23.7. The minimum absolute atomic E-state index is 0.0430. The quantitative estimate of drug-likeness (QED) is 0.138. The van der Waals surface area contributed by atoms with Crippen LogP contribution in [0.25, 0.3) is 0 Å². The summed E-state index contributed by atoms with van der Waals surface area (Å²) in [5, 5.41) is 0. The molecular formula is C37H44I4N6O2. The summed E-state index contributed by atoms with van der Waals surface area (Å²) in [6.45, 7) is 3.74. The van der Waals surface area contributed by atoms with Crippen molar-refractivity contribution in [3.8, 4) is 0 Å². The van der Waals surface area contributed by atoms with Gasteiger partial charge < -0.3 is 28.4 Å². The lowest BCUT2D eigenvalue weighted by molar-refractivity contribution is -0.0461. The van der Waals surface area contributed by atoms with E-state index in [1.165, 1.54) is 42.5 Å². The van der Waals surface area contributed by atoms with Crippen molar-refractivity contribution in [3.05, 3.63) is 97.2 Å². The van der Waals surface area contributed by atoms with E-state index in [9.17, 15) is 0 Å². The Kier molecular flexibility index (Phi) is 12.3. The van der Waals surface area contributed by atoms with Gasteiger partial charge in [-0.1, -0.05) is 48.5 Å². The number of rotatable bonds is 7. The number of imidazole rings is 2. The molecule has 262 valence electrons. The Bertz CT molecular complexity index is 1760.